The third-order valence-electron chi connectivity index (χ3n) is 2.50. The minimum Gasteiger partial charge on any atom is -0.481 e. The second kappa shape index (κ2) is 6.16. The van der Waals surface area contributed by atoms with Crippen molar-refractivity contribution in [2.75, 3.05) is 13.6 Å². The number of carboxylic acid groups (broad SMARTS) is 1. The molecular formula is C11H19N3O4S. The summed E-state index contributed by atoms with van der Waals surface area (Å²) in [6, 6.07) is 0. The van der Waals surface area contributed by atoms with Crippen LogP contribution in [0.2, 0.25) is 0 Å². The summed E-state index contributed by atoms with van der Waals surface area (Å²) < 4.78 is 26.9. The summed E-state index contributed by atoms with van der Waals surface area (Å²) in [7, 11) is -2.36. The molecule has 8 heteroatoms. The number of imidazole rings is 1. The van der Waals surface area contributed by atoms with Gasteiger partial charge in [0.25, 0.3) is 10.0 Å². The van der Waals surface area contributed by atoms with Crippen LogP contribution in [0.4, 0.5) is 0 Å². The molecule has 0 bridgehead atoms. The zero-order valence-electron chi connectivity index (χ0n) is 11.3. The van der Waals surface area contributed by atoms with E-state index in [0.29, 0.717) is 12.5 Å². The number of carboxylic acids is 1. The first-order valence-electron chi connectivity index (χ1n) is 5.93. The maximum absolute atomic E-state index is 12.1. The van der Waals surface area contributed by atoms with Crippen molar-refractivity contribution in [1.29, 1.82) is 0 Å². The topological polar surface area (TPSA) is 92.5 Å². The third kappa shape index (κ3) is 4.32. The molecule has 0 aliphatic rings. The highest BCUT2D eigenvalue weighted by molar-refractivity contribution is 7.89. The number of hydrogen-bond acceptors (Lipinski definition) is 4. The van der Waals surface area contributed by atoms with Crippen LogP contribution in [-0.4, -0.2) is 46.9 Å². The Morgan fingerprint density at radius 3 is 2.68 bits per heavy atom. The van der Waals surface area contributed by atoms with Crippen molar-refractivity contribution < 1.29 is 18.3 Å². The van der Waals surface area contributed by atoms with Crippen molar-refractivity contribution in [3.8, 4) is 0 Å². The van der Waals surface area contributed by atoms with Crippen molar-refractivity contribution in [2.45, 2.75) is 31.8 Å². The van der Waals surface area contributed by atoms with Gasteiger partial charge in [-0.2, -0.15) is 4.31 Å². The second-order valence-electron chi connectivity index (χ2n) is 4.77. The van der Waals surface area contributed by atoms with Gasteiger partial charge in [-0.15, -0.1) is 0 Å². The van der Waals surface area contributed by atoms with Gasteiger partial charge < -0.3 is 9.67 Å². The van der Waals surface area contributed by atoms with Gasteiger partial charge in [0, 0.05) is 26.3 Å². The van der Waals surface area contributed by atoms with Crippen molar-refractivity contribution in [3.63, 3.8) is 0 Å². The lowest BCUT2D eigenvalue weighted by molar-refractivity contribution is -0.137. The van der Waals surface area contributed by atoms with Crippen LogP contribution in [0.25, 0.3) is 0 Å². The maximum atomic E-state index is 12.1. The van der Waals surface area contributed by atoms with E-state index in [1.807, 2.05) is 13.8 Å². The molecular weight excluding hydrogens is 270 g/mol. The van der Waals surface area contributed by atoms with Gasteiger partial charge in [0.1, 0.15) is 0 Å². The third-order valence-corrected chi connectivity index (χ3v) is 4.24. The lowest BCUT2D eigenvalue weighted by Gasteiger charge is -2.14. The molecule has 19 heavy (non-hydrogen) atoms. The fourth-order valence-corrected chi connectivity index (χ4v) is 2.63. The molecule has 108 valence electrons. The Morgan fingerprint density at radius 2 is 2.16 bits per heavy atom. The number of rotatable bonds is 7. The maximum Gasteiger partial charge on any atom is 0.304 e. The summed E-state index contributed by atoms with van der Waals surface area (Å²) >= 11 is 0. The highest BCUT2D eigenvalue weighted by Gasteiger charge is 2.23. The van der Waals surface area contributed by atoms with Gasteiger partial charge in [0.15, 0.2) is 5.03 Å². The first-order valence-corrected chi connectivity index (χ1v) is 7.37. The van der Waals surface area contributed by atoms with Crippen LogP contribution in [0.15, 0.2) is 17.6 Å². The summed E-state index contributed by atoms with van der Waals surface area (Å²) in [5, 5.41) is 8.51. The lowest BCUT2D eigenvalue weighted by Crippen LogP contribution is -2.29. The Kier molecular flexibility index (Phi) is 5.07. The van der Waals surface area contributed by atoms with Gasteiger partial charge in [0.05, 0.1) is 12.7 Å². The molecule has 0 saturated carbocycles. The summed E-state index contributed by atoms with van der Waals surface area (Å²) in [6.07, 6.45) is 2.70. The first-order chi connectivity index (χ1) is 8.73. The van der Waals surface area contributed by atoms with E-state index in [2.05, 4.69) is 4.98 Å². The zero-order valence-corrected chi connectivity index (χ0v) is 12.1. The first kappa shape index (κ1) is 15.6. The number of carbonyl (C=O) groups is 1. The normalized spacial score (nSPS) is 12.3. The van der Waals surface area contributed by atoms with Crippen LogP contribution >= 0.6 is 0 Å². The molecule has 0 aliphatic heterocycles. The van der Waals surface area contributed by atoms with Gasteiger partial charge >= 0.3 is 5.97 Å². The molecule has 7 nitrogen and oxygen atoms in total. The summed E-state index contributed by atoms with van der Waals surface area (Å²) in [5.74, 6) is -0.651. The van der Waals surface area contributed by atoms with Gasteiger partial charge in [-0.1, -0.05) is 13.8 Å². The van der Waals surface area contributed by atoms with Crippen LogP contribution in [0, 0.1) is 5.92 Å². The highest BCUT2D eigenvalue weighted by Crippen LogP contribution is 2.12. The van der Waals surface area contributed by atoms with E-state index in [-0.39, 0.29) is 18.0 Å². The number of sulfonamides is 1. The average Bonchev–Trinajstić information content (AvgIpc) is 2.73. The van der Waals surface area contributed by atoms with E-state index in [1.54, 1.807) is 4.57 Å². The minimum atomic E-state index is -3.71. The quantitative estimate of drug-likeness (QED) is 0.795. The average molecular weight is 289 g/mol. The minimum absolute atomic E-state index is 0.0546. The second-order valence-corrected chi connectivity index (χ2v) is 6.76. The van der Waals surface area contributed by atoms with Gasteiger partial charge in [-0.05, 0) is 5.92 Å². The van der Waals surface area contributed by atoms with E-state index < -0.39 is 16.0 Å². The molecule has 0 aromatic carbocycles. The molecule has 0 radical (unpaired) electrons. The lowest BCUT2D eigenvalue weighted by atomic mass is 10.2. The van der Waals surface area contributed by atoms with Crippen LogP contribution < -0.4 is 0 Å². The highest BCUT2D eigenvalue weighted by atomic mass is 32.2. The molecule has 1 aromatic rings. The Bertz CT molecular complexity index is 536. The van der Waals surface area contributed by atoms with Crippen LogP contribution in [0.1, 0.15) is 20.3 Å². The van der Waals surface area contributed by atoms with Crippen molar-refractivity contribution in [1.82, 2.24) is 13.9 Å². The number of aromatic nitrogens is 2. The summed E-state index contributed by atoms with van der Waals surface area (Å²) in [5.41, 5.74) is 0. The van der Waals surface area contributed by atoms with Crippen molar-refractivity contribution in [2.24, 2.45) is 5.92 Å². The Morgan fingerprint density at radius 1 is 1.53 bits per heavy atom. The largest absolute Gasteiger partial charge is 0.481 e. The molecule has 0 fully saturated rings. The molecule has 0 amide bonds. The Hall–Kier alpha value is -1.41. The Labute approximate surface area is 112 Å². The number of hydrogen-bond donors (Lipinski definition) is 1. The van der Waals surface area contributed by atoms with E-state index in [1.165, 1.54) is 19.6 Å². The van der Waals surface area contributed by atoms with Gasteiger partial charge in [-0.25, -0.2) is 13.4 Å². The fourth-order valence-electron chi connectivity index (χ4n) is 1.53. The predicted molar refractivity (Wildman–Crippen MR) is 69.1 cm³/mol. The zero-order chi connectivity index (χ0) is 14.6. The van der Waals surface area contributed by atoms with Crippen LogP contribution in [0.5, 0.6) is 0 Å². The van der Waals surface area contributed by atoms with E-state index in [4.69, 9.17) is 5.11 Å². The smallest absolute Gasteiger partial charge is 0.304 e. The molecule has 0 saturated heterocycles. The number of aliphatic carboxylic acids is 1. The molecule has 0 atom stereocenters. The molecule has 1 rings (SSSR count). The monoisotopic (exact) mass is 289 g/mol. The van der Waals surface area contributed by atoms with E-state index in [0.717, 1.165) is 4.31 Å². The Balaban J connectivity index is 2.81. The van der Waals surface area contributed by atoms with Crippen LogP contribution in [0.3, 0.4) is 0 Å². The molecule has 1 heterocycles. The molecule has 0 spiro atoms. The van der Waals surface area contributed by atoms with Gasteiger partial charge in [-0.3, -0.25) is 4.79 Å². The standard InChI is InChI=1S/C11H19N3O4S/c1-9(2)6-14-7-10(12-8-14)19(17,18)13(3)5-4-11(15)16/h7-9H,4-6H2,1-3H3,(H,15,16). The summed E-state index contributed by atoms with van der Waals surface area (Å²) in [4.78, 5) is 14.3. The van der Waals surface area contributed by atoms with E-state index >= 15 is 0 Å². The SMILES string of the molecule is CC(C)Cn1cnc(S(=O)(=O)N(C)CCC(=O)O)c1. The molecule has 0 unspecified atom stereocenters. The van der Waals surface area contributed by atoms with Crippen molar-refractivity contribution in [3.05, 3.63) is 12.5 Å². The van der Waals surface area contributed by atoms with Crippen LogP contribution in [-0.2, 0) is 21.4 Å². The van der Waals surface area contributed by atoms with Crippen molar-refractivity contribution >= 4 is 16.0 Å². The number of nitrogens with zero attached hydrogens (tertiary/aromatic N) is 3. The molecule has 0 aliphatic carbocycles. The summed E-state index contributed by atoms with van der Waals surface area (Å²) in [6.45, 7) is 4.65. The van der Waals surface area contributed by atoms with Gasteiger partial charge in [0.2, 0.25) is 0 Å². The predicted octanol–water partition coefficient (Wildman–Crippen LogP) is 0.634. The molecule has 1 N–H and O–H groups in total. The van der Waals surface area contributed by atoms with E-state index in [9.17, 15) is 13.2 Å². The fraction of sp³-hybridized carbons (Fsp3) is 0.636. The molecule has 1 aromatic heterocycles.